The Morgan fingerprint density at radius 3 is 2.74 bits per heavy atom. The molecule has 3 N–H and O–H groups in total. The second-order valence-electron chi connectivity index (χ2n) is 4.25. The lowest BCUT2D eigenvalue weighted by molar-refractivity contribution is 0.318. The molecule has 2 aromatic rings. The van der Waals surface area contributed by atoms with Crippen LogP contribution in [0.4, 0.5) is 5.69 Å². The highest BCUT2D eigenvalue weighted by Gasteiger charge is 2.05. The van der Waals surface area contributed by atoms with Gasteiger partial charge in [0.05, 0.1) is 0 Å². The molecular weight excluding hydrogens is 240 g/mol. The molecule has 1 heterocycles. The predicted octanol–water partition coefficient (Wildman–Crippen LogP) is 1.81. The van der Waals surface area contributed by atoms with Crippen molar-refractivity contribution in [3.63, 3.8) is 0 Å². The van der Waals surface area contributed by atoms with Gasteiger partial charge in [-0.05, 0) is 29.8 Å². The summed E-state index contributed by atoms with van der Waals surface area (Å²) in [6.45, 7) is 0.766. The smallest absolute Gasteiger partial charge is 0.170 e. The quantitative estimate of drug-likeness (QED) is 0.378. The first-order valence-electron chi connectivity index (χ1n) is 5.88. The van der Waals surface area contributed by atoms with Gasteiger partial charge in [0.2, 0.25) is 0 Å². The van der Waals surface area contributed by atoms with Gasteiger partial charge in [-0.15, -0.1) is 0 Å². The fourth-order valence-electron chi connectivity index (χ4n) is 1.81. The van der Waals surface area contributed by atoms with Crippen molar-refractivity contribution >= 4 is 11.5 Å². The first-order chi connectivity index (χ1) is 9.20. The maximum absolute atomic E-state index is 8.70. The molecule has 19 heavy (non-hydrogen) atoms. The first kappa shape index (κ1) is 12.9. The lowest BCUT2D eigenvalue weighted by Gasteiger charge is -2.20. The third kappa shape index (κ3) is 3.22. The maximum atomic E-state index is 8.70. The van der Waals surface area contributed by atoms with Crippen LogP contribution in [0.5, 0.6) is 0 Å². The highest BCUT2D eigenvalue weighted by atomic mass is 16.4. The number of amidine groups is 1. The molecule has 5 nitrogen and oxygen atoms in total. The standard InChI is InChI=1S/C14H16N4O/c1-18(10-11-5-7-16-8-6-11)13-4-2-3-12(9-13)14(15)17-19/h2-9,19H,10H2,1H3,(H2,15,17). The predicted molar refractivity (Wildman–Crippen MR) is 75.3 cm³/mol. The molecular formula is C14H16N4O. The number of rotatable bonds is 4. The van der Waals surface area contributed by atoms with Gasteiger partial charge in [0.1, 0.15) is 0 Å². The van der Waals surface area contributed by atoms with Gasteiger partial charge in [-0.2, -0.15) is 0 Å². The van der Waals surface area contributed by atoms with Gasteiger partial charge in [-0.1, -0.05) is 17.3 Å². The summed E-state index contributed by atoms with van der Waals surface area (Å²) >= 11 is 0. The molecule has 0 aliphatic heterocycles. The number of pyridine rings is 1. The summed E-state index contributed by atoms with van der Waals surface area (Å²) < 4.78 is 0. The summed E-state index contributed by atoms with van der Waals surface area (Å²) in [6, 6.07) is 11.5. The molecule has 0 radical (unpaired) electrons. The molecule has 0 saturated heterocycles. The lowest BCUT2D eigenvalue weighted by atomic mass is 10.1. The maximum Gasteiger partial charge on any atom is 0.170 e. The molecule has 98 valence electrons. The van der Waals surface area contributed by atoms with Gasteiger partial charge in [0, 0.05) is 37.2 Å². The molecule has 1 aromatic carbocycles. The van der Waals surface area contributed by atoms with Gasteiger partial charge < -0.3 is 15.8 Å². The number of hydrogen-bond donors (Lipinski definition) is 2. The van der Waals surface area contributed by atoms with Gasteiger partial charge in [0.25, 0.3) is 0 Å². The fourth-order valence-corrected chi connectivity index (χ4v) is 1.81. The summed E-state index contributed by atoms with van der Waals surface area (Å²) in [4.78, 5) is 6.08. The minimum Gasteiger partial charge on any atom is -0.409 e. The molecule has 2 rings (SSSR count). The van der Waals surface area contributed by atoms with Crippen molar-refractivity contribution in [3.05, 3.63) is 59.9 Å². The molecule has 0 amide bonds. The van der Waals surface area contributed by atoms with Crippen molar-refractivity contribution in [3.8, 4) is 0 Å². The van der Waals surface area contributed by atoms with E-state index in [0.29, 0.717) is 5.56 Å². The zero-order chi connectivity index (χ0) is 13.7. The Morgan fingerprint density at radius 1 is 1.32 bits per heavy atom. The third-order valence-electron chi connectivity index (χ3n) is 2.86. The second kappa shape index (κ2) is 5.86. The van der Waals surface area contributed by atoms with Crippen LogP contribution in [0.1, 0.15) is 11.1 Å². The van der Waals surface area contributed by atoms with Crippen LogP contribution in [0, 0.1) is 0 Å². The molecule has 0 aliphatic carbocycles. The van der Waals surface area contributed by atoms with Crippen LogP contribution in [-0.2, 0) is 6.54 Å². The molecule has 1 aromatic heterocycles. The molecule has 0 fully saturated rings. The Bertz CT molecular complexity index is 569. The van der Waals surface area contributed by atoms with Crippen LogP contribution < -0.4 is 10.6 Å². The van der Waals surface area contributed by atoms with E-state index in [9.17, 15) is 0 Å². The number of anilines is 1. The summed E-state index contributed by atoms with van der Waals surface area (Å²) in [5.74, 6) is 0.110. The van der Waals surface area contributed by atoms with Crippen molar-refractivity contribution in [1.82, 2.24) is 4.98 Å². The highest BCUT2D eigenvalue weighted by Crippen LogP contribution is 2.17. The van der Waals surface area contributed by atoms with Crippen LogP contribution in [-0.4, -0.2) is 23.1 Å². The van der Waals surface area contributed by atoms with E-state index in [0.717, 1.165) is 12.2 Å². The minimum atomic E-state index is 0.110. The summed E-state index contributed by atoms with van der Waals surface area (Å²) in [7, 11) is 1.99. The Balaban J connectivity index is 2.17. The monoisotopic (exact) mass is 256 g/mol. The molecule has 0 saturated carbocycles. The van der Waals surface area contributed by atoms with E-state index in [4.69, 9.17) is 10.9 Å². The Hall–Kier alpha value is -2.56. The van der Waals surface area contributed by atoms with Gasteiger partial charge >= 0.3 is 0 Å². The zero-order valence-corrected chi connectivity index (χ0v) is 10.7. The number of hydrogen-bond acceptors (Lipinski definition) is 4. The van der Waals surface area contributed by atoms with Crippen molar-refractivity contribution in [2.75, 3.05) is 11.9 Å². The van der Waals surface area contributed by atoms with Gasteiger partial charge in [0.15, 0.2) is 5.84 Å². The molecule has 0 spiro atoms. The lowest BCUT2D eigenvalue weighted by Crippen LogP contribution is -2.18. The summed E-state index contributed by atoms with van der Waals surface area (Å²) in [5.41, 5.74) is 8.46. The van der Waals surface area contributed by atoms with Crippen LogP contribution in [0.3, 0.4) is 0 Å². The molecule has 0 aliphatic rings. The Morgan fingerprint density at radius 2 is 2.05 bits per heavy atom. The average molecular weight is 256 g/mol. The summed E-state index contributed by atoms with van der Waals surface area (Å²) in [5, 5.41) is 11.7. The SMILES string of the molecule is CN(Cc1ccncc1)c1cccc(C(N)=NO)c1. The molecule has 0 unspecified atom stereocenters. The molecule has 0 bridgehead atoms. The van der Waals surface area contributed by atoms with Crippen molar-refractivity contribution in [2.45, 2.75) is 6.54 Å². The van der Waals surface area contributed by atoms with E-state index in [1.807, 2.05) is 37.4 Å². The fraction of sp³-hybridized carbons (Fsp3) is 0.143. The van der Waals surface area contributed by atoms with Gasteiger partial charge in [-0.25, -0.2) is 0 Å². The number of nitrogens with two attached hydrogens (primary N) is 1. The van der Waals surface area contributed by atoms with Crippen LogP contribution in [0.15, 0.2) is 53.9 Å². The second-order valence-corrected chi connectivity index (χ2v) is 4.25. The highest BCUT2D eigenvalue weighted by molar-refractivity contribution is 5.97. The van der Waals surface area contributed by atoms with Crippen molar-refractivity contribution in [1.29, 1.82) is 0 Å². The first-order valence-corrected chi connectivity index (χ1v) is 5.88. The van der Waals surface area contributed by atoms with E-state index < -0.39 is 0 Å². The average Bonchev–Trinajstić information content (AvgIpc) is 2.47. The van der Waals surface area contributed by atoms with E-state index in [-0.39, 0.29) is 5.84 Å². The third-order valence-corrected chi connectivity index (χ3v) is 2.86. The van der Waals surface area contributed by atoms with Crippen LogP contribution in [0.2, 0.25) is 0 Å². The largest absolute Gasteiger partial charge is 0.409 e. The van der Waals surface area contributed by atoms with Crippen molar-refractivity contribution < 1.29 is 5.21 Å². The number of nitrogens with zero attached hydrogens (tertiary/aromatic N) is 3. The number of oxime groups is 1. The summed E-state index contributed by atoms with van der Waals surface area (Å²) in [6.07, 6.45) is 3.55. The Kier molecular flexibility index (Phi) is 3.97. The molecule has 5 heteroatoms. The van der Waals surface area contributed by atoms with E-state index in [1.165, 1.54) is 5.56 Å². The number of benzene rings is 1. The minimum absolute atomic E-state index is 0.110. The normalized spacial score (nSPS) is 11.3. The Labute approximate surface area is 112 Å². The molecule has 0 atom stereocenters. The van der Waals surface area contributed by atoms with E-state index in [1.54, 1.807) is 18.5 Å². The van der Waals surface area contributed by atoms with E-state index >= 15 is 0 Å². The van der Waals surface area contributed by atoms with Crippen molar-refractivity contribution in [2.24, 2.45) is 10.9 Å². The van der Waals surface area contributed by atoms with Gasteiger partial charge in [-0.3, -0.25) is 4.98 Å². The zero-order valence-electron chi connectivity index (χ0n) is 10.7. The van der Waals surface area contributed by atoms with E-state index in [2.05, 4.69) is 15.0 Å². The van der Waals surface area contributed by atoms with Crippen LogP contribution in [0.25, 0.3) is 0 Å². The topological polar surface area (TPSA) is 74.7 Å². The number of aromatic nitrogens is 1. The van der Waals surface area contributed by atoms with Crippen LogP contribution >= 0.6 is 0 Å².